The second-order valence-corrected chi connectivity index (χ2v) is 14.9. The lowest BCUT2D eigenvalue weighted by molar-refractivity contribution is 0.669. The average molecular weight is 743 g/mol. The number of para-hydroxylation sites is 6. The molecular formula is C54H34N2O2. The van der Waals surface area contributed by atoms with E-state index in [-0.39, 0.29) is 0 Å². The lowest BCUT2D eigenvalue weighted by atomic mass is 9.97. The van der Waals surface area contributed by atoms with Gasteiger partial charge in [-0.15, -0.1) is 0 Å². The molecule has 0 aliphatic rings. The molecule has 0 spiro atoms. The first kappa shape index (κ1) is 32.4. The molecule has 0 aliphatic heterocycles. The third kappa shape index (κ3) is 4.95. The van der Waals surface area contributed by atoms with Crippen molar-refractivity contribution in [3.05, 3.63) is 206 Å². The van der Waals surface area contributed by atoms with Gasteiger partial charge in [0, 0.05) is 60.5 Å². The summed E-state index contributed by atoms with van der Waals surface area (Å²) in [5, 5.41) is 6.90. The normalized spacial score (nSPS) is 11.8. The Morgan fingerprint density at radius 1 is 0.362 bits per heavy atom. The van der Waals surface area contributed by atoms with Gasteiger partial charge in [0.15, 0.2) is 0 Å². The van der Waals surface area contributed by atoms with Gasteiger partial charge in [0.25, 0.3) is 0 Å². The summed E-state index contributed by atoms with van der Waals surface area (Å²) in [6.07, 6.45) is 0. The molecule has 0 unspecified atom stereocenters. The van der Waals surface area contributed by atoms with E-state index in [1.807, 2.05) is 18.2 Å². The second kappa shape index (κ2) is 12.9. The smallest absolute Gasteiger partial charge is 0.145 e. The molecule has 9 aromatic carbocycles. The molecule has 12 aromatic rings. The maximum atomic E-state index is 6.84. The van der Waals surface area contributed by atoms with Crippen LogP contribution < -0.4 is 4.90 Å². The summed E-state index contributed by atoms with van der Waals surface area (Å²) >= 11 is 0. The van der Waals surface area contributed by atoms with Crippen LogP contribution in [0.15, 0.2) is 215 Å². The highest BCUT2D eigenvalue weighted by Crippen LogP contribution is 2.48. The van der Waals surface area contributed by atoms with Crippen molar-refractivity contribution >= 4 is 82.7 Å². The van der Waals surface area contributed by atoms with Gasteiger partial charge in [-0.1, -0.05) is 133 Å². The molecule has 272 valence electrons. The summed E-state index contributed by atoms with van der Waals surface area (Å²) in [6, 6.07) is 73.1. The minimum Gasteiger partial charge on any atom is -0.455 e. The third-order valence-corrected chi connectivity index (χ3v) is 11.6. The van der Waals surface area contributed by atoms with Gasteiger partial charge in [-0.2, -0.15) is 0 Å². The van der Waals surface area contributed by atoms with Crippen molar-refractivity contribution in [2.75, 3.05) is 4.90 Å². The highest BCUT2D eigenvalue weighted by Gasteiger charge is 2.24. The Kier molecular flexibility index (Phi) is 7.20. The van der Waals surface area contributed by atoms with Crippen molar-refractivity contribution in [1.82, 2.24) is 4.57 Å². The van der Waals surface area contributed by atoms with Crippen LogP contribution in [0.1, 0.15) is 0 Å². The molecule has 0 aliphatic carbocycles. The number of rotatable bonds is 6. The summed E-state index contributed by atoms with van der Waals surface area (Å²) < 4.78 is 15.7. The first-order chi connectivity index (χ1) is 28.8. The number of hydrogen-bond acceptors (Lipinski definition) is 3. The number of nitrogens with zero attached hydrogens (tertiary/aromatic N) is 2. The molecule has 0 bridgehead atoms. The van der Waals surface area contributed by atoms with E-state index in [4.69, 9.17) is 8.83 Å². The van der Waals surface area contributed by atoms with Crippen molar-refractivity contribution in [2.24, 2.45) is 0 Å². The zero-order valence-corrected chi connectivity index (χ0v) is 31.3. The molecule has 58 heavy (non-hydrogen) atoms. The molecule has 12 rings (SSSR count). The second-order valence-electron chi connectivity index (χ2n) is 14.9. The zero-order chi connectivity index (χ0) is 38.2. The topological polar surface area (TPSA) is 34.5 Å². The van der Waals surface area contributed by atoms with Gasteiger partial charge in [0.2, 0.25) is 0 Å². The highest BCUT2D eigenvalue weighted by atomic mass is 16.3. The molecule has 3 heterocycles. The van der Waals surface area contributed by atoms with Crippen molar-refractivity contribution in [2.45, 2.75) is 0 Å². The molecule has 0 fully saturated rings. The largest absolute Gasteiger partial charge is 0.455 e. The number of benzene rings is 9. The van der Waals surface area contributed by atoms with Gasteiger partial charge in [0.05, 0.1) is 16.7 Å². The van der Waals surface area contributed by atoms with Crippen LogP contribution in [0, 0.1) is 0 Å². The molecule has 4 nitrogen and oxygen atoms in total. The van der Waals surface area contributed by atoms with E-state index in [0.29, 0.717) is 0 Å². The van der Waals surface area contributed by atoms with E-state index >= 15 is 0 Å². The molecule has 0 radical (unpaired) electrons. The molecule has 4 heteroatoms. The number of aromatic nitrogens is 1. The number of hydrogen-bond donors (Lipinski definition) is 0. The number of fused-ring (bicyclic) bond motifs is 9. The maximum absolute atomic E-state index is 6.84. The fourth-order valence-electron chi connectivity index (χ4n) is 9.01. The van der Waals surface area contributed by atoms with E-state index in [2.05, 4.69) is 198 Å². The Hall–Kier alpha value is -7.82. The summed E-state index contributed by atoms with van der Waals surface area (Å²) in [5.74, 6) is 0. The minimum atomic E-state index is 0.854. The van der Waals surface area contributed by atoms with E-state index < -0.39 is 0 Å². The standard InChI is InChI=1S/C54H34N2O2/c1-2-15-37(16-3-1)55(39-17-12-14-36(34-39)40-22-13-23-45-43-20-6-10-26-50(43)57-53(40)45)49-33-32-46-44-21-7-11-27-51(44)58-54(46)52(49)35-28-30-38(31-29-35)56-47-24-8-4-18-41(47)42-19-5-9-25-48(42)56/h1-34H. The first-order valence-electron chi connectivity index (χ1n) is 19.7. The van der Waals surface area contributed by atoms with E-state index in [1.54, 1.807) is 0 Å². The van der Waals surface area contributed by atoms with E-state index in [9.17, 15) is 0 Å². The Bertz CT molecular complexity index is 3460. The van der Waals surface area contributed by atoms with Crippen LogP contribution >= 0.6 is 0 Å². The van der Waals surface area contributed by atoms with Gasteiger partial charge in [0.1, 0.15) is 22.3 Å². The van der Waals surface area contributed by atoms with Crippen LogP contribution in [0.5, 0.6) is 0 Å². The fraction of sp³-hybridized carbons (Fsp3) is 0. The predicted octanol–water partition coefficient (Wildman–Crippen LogP) is 15.4. The maximum Gasteiger partial charge on any atom is 0.145 e. The van der Waals surface area contributed by atoms with Gasteiger partial charge in [-0.3, -0.25) is 0 Å². The summed E-state index contributed by atoms with van der Waals surface area (Å²) in [4.78, 5) is 2.35. The molecule has 0 amide bonds. The van der Waals surface area contributed by atoms with Crippen LogP contribution in [-0.2, 0) is 0 Å². The first-order valence-corrected chi connectivity index (χ1v) is 19.7. The van der Waals surface area contributed by atoms with Crippen molar-refractivity contribution in [3.8, 4) is 27.9 Å². The monoisotopic (exact) mass is 742 g/mol. The quantitative estimate of drug-likeness (QED) is 0.170. The summed E-state index contributed by atoms with van der Waals surface area (Å²) in [6.45, 7) is 0. The van der Waals surface area contributed by atoms with E-state index in [0.717, 1.165) is 88.9 Å². The lowest BCUT2D eigenvalue weighted by Gasteiger charge is -2.28. The molecular weight excluding hydrogens is 709 g/mol. The summed E-state index contributed by atoms with van der Waals surface area (Å²) in [5.41, 5.74) is 14.3. The lowest BCUT2D eigenvalue weighted by Crippen LogP contribution is -2.11. The van der Waals surface area contributed by atoms with Crippen molar-refractivity contribution in [3.63, 3.8) is 0 Å². The predicted molar refractivity (Wildman–Crippen MR) is 241 cm³/mol. The van der Waals surface area contributed by atoms with Crippen LogP contribution in [0.25, 0.3) is 93.6 Å². The van der Waals surface area contributed by atoms with Crippen LogP contribution in [0.4, 0.5) is 17.1 Å². The van der Waals surface area contributed by atoms with Gasteiger partial charge < -0.3 is 18.3 Å². The highest BCUT2D eigenvalue weighted by molar-refractivity contribution is 6.14. The van der Waals surface area contributed by atoms with E-state index in [1.165, 1.54) is 21.8 Å². The SMILES string of the molecule is c1ccc(N(c2cccc(-c3cccc4c3oc3ccccc34)c2)c2ccc3c(oc4ccccc43)c2-c2ccc(-n3c4ccccc4c4ccccc43)cc2)cc1. The molecule has 3 aromatic heterocycles. The minimum absolute atomic E-state index is 0.854. The fourth-order valence-corrected chi connectivity index (χ4v) is 9.01. The van der Waals surface area contributed by atoms with Gasteiger partial charge in [-0.05, 0) is 83.9 Å². The van der Waals surface area contributed by atoms with Crippen LogP contribution in [0.3, 0.4) is 0 Å². The molecule has 0 atom stereocenters. The van der Waals surface area contributed by atoms with Crippen LogP contribution in [0.2, 0.25) is 0 Å². The van der Waals surface area contributed by atoms with Crippen molar-refractivity contribution in [1.29, 1.82) is 0 Å². The van der Waals surface area contributed by atoms with Gasteiger partial charge in [-0.25, -0.2) is 0 Å². The Morgan fingerprint density at radius 2 is 0.914 bits per heavy atom. The van der Waals surface area contributed by atoms with Gasteiger partial charge >= 0.3 is 0 Å². The average Bonchev–Trinajstić information content (AvgIpc) is 3.97. The molecule has 0 N–H and O–H groups in total. The summed E-state index contributed by atoms with van der Waals surface area (Å²) in [7, 11) is 0. The van der Waals surface area contributed by atoms with Crippen LogP contribution in [-0.4, -0.2) is 4.57 Å². The number of furan rings is 2. The van der Waals surface area contributed by atoms with Crippen molar-refractivity contribution < 1.29 is 8.83 Å². The number of anilines is 3. The molecule has 0 saturated carbocycles. The Balaban J connectivity index is 1.08. The zero-order valence-electron chi connectivity index (χ0n) is 31.3. The molecule has 0 saturated heterocycles. The Labute approximate surface area is 334 Å². The Morgan fingerprint density at radius 3 is 1.62 bits per heavy atom. The third-order valence-electron chi connectivity index (χ3n) is 11.6.